The Morgan fingerprint density at radius 2 is 1.40 bits per heavy atom. The standard InChI is InChI=1S/C24H30O6/c1-3-15-5-9-17(10-6-15)23-27-14-20-22(30-23)21(19(26)13-25)29-24(28-20)18-11-7-16(4-2)8-12-18/h5-12,19-26H,3-4,13-14H2,1-2H3/t19-,20+,21-,22?,23?,24?/m0/s1. The van der Waals surface area contributed by atoms with Gasteiger partial charge in [0.15, 0.2) is 12.6 Å². The maximum absolute atomic E-state index is 10.4. The van der Waals surface area contributed by atoms with Crippen molar-refractivity contribution in [2.24, 2.45) is 0 Å². The summed E-state index contributed by atoms with van der Waals surface area (Å²) in [5, 5.41) is 20.0. The van der Waals surface area contributed by atoms with E-state index < -0.39 is 43.6 Å². The molecule has 6 atom stereocenters. The minimum Gasteiger partial charge on any atom is -0.394 e. The summed E-state index contributed by atoms with van der Waals surface area (Å²) in [4.78, 5) is 0. The third-order valence-electron chi connectivity index (χ3n) is 5.85. The molecular weight excluding hydrogens is 384 g/mol. The maximum atomic E-state index is 10.4. The van der Waals surface area contributed by atoms with E-state index in [9.17, 15) is 10.2 Å². The molecule has 0 bridgehead atoms. The molecule has 162 valence electrons. The van der Waals surface area contributed by atoms with Gasteiger partial charge in [-0.15, -0.1) is 0 Å². The van der Waals surface area contributed by atoms with Crippen molar-refractivity contribution in [2.45, 2.75) is 63.7 Å². The second-order valence-electron chi connectivity index (χ2n) is 7.81. The lowest BCUT2D eigenvalue weighted by Gasteiger charge is -2.47. The molecule has 0 spiro atoms. The molecule has 0 aliphatic carbocycles. The van der Waals surface area contributed by atoms with E-state index in [0.29, 0.717) is 6.61 Å². The number of aliphatic hydroxyl groups is 2. The van der Waals surface area contributed by atoms with Crippen LogP contribution in [0, 0.1) is 0 Å². The van der Waals surface area contributed by atoms with Crippen molar-refractivity contribution in [3.63, 3.8) is 0 Å². The molecule has 0 radical (unpaired) electrons. The average Bonchev–Trinajstić information content (AvgIpc) is 2.82. The molecule has 0 aromatic heterocycles. The Morgan fingerprint density at radius 1 is 0.833 bits per heavy atom. The predicted molar refractivity (Wildman–Crippen MR) is 111 cm³/mol. The van der Waals surface area contributed by atoms with Gasteiger partial charge in [-0.25, -0.2) is 0 Å². The van der Waals surface area contributed by atoms with E-state index in [2.05, 4.69) is 26.0 Å². The van der Waals surface area contributed by atoms with Crippen LogP contribution in [0.1, 0.15) is 48.7 Å². The highest BCUT2D eigenvalue weighted by atomic mass is 16.8. The molecule has 2 aliphatic heterocycles. The molecule has 4 rings (SSSR count). The number of rotatable bonds is 6. The van der Waals surface area contributed by atoms with Gasteiger partial charge in [-0.05, 0) is 24.0 Å². The number of hydrogen-bond acceptors (Lipinski definition) is 6. The van der Waals surface area contributed by atoms with Crippen LogP contribution in [0.5, 0.6) is 0 Å². The molecule has 2 aromatic carbocycles. The number of aliphatic hydroxyl groups excluding tert-OH is 2. The highest BCUT2D eigenvalue weighted by Crippen LogP contribution is 2.39. The lowest BCUT2D eigenvalue weighted by atomic mass is 9.99. The summed E-state index contributed by atoms with van der Waals surface area (Å²) in [6, 6.07) is 16.1. The third-order valence-corrected chi connectivity index (χ3v) is 5.85. The fraction of sp³-hybridized carbons (Fsp3) is 0.500. The fourth-order valence-corrected chi connectivity index (χ4v) is 3.93. The van der Waals surface area contributed by atoms with Crippen molar-refractivity contribution in [2.75, 3.05) is 13.2 Å². The van der Waals surface area contributed by atoms with Crippen LogP contribution in [-0.2, 0) is 31.8 Å². The Balaban J connectivity index is 1.52. The van der Waals surface area contributed by atoms with E-state index >= 15 is 0 Å². The molecule has 30 heavy (non-hydrogen) atoms. The highest BCUT2D eigenvalue weighted by molar-refractivity contribution is 5.25. The third kappa shape index (κ3) is 4.44. The first-order valence-electron chi connectivity index (χ1n) is 10.7. The van der Waals surface area contributed by atoms with Crippen LogP contribution in [0.3, 0.4) is 0 Å². The first kappa shape index (κ1) is 21.4. The van der Waals surface area contributed by atoms with E-state index in [0.717, 1.165) is 24.0 Å². The van der Waals surface area contributed by atoms with Gasteiger partial charge in [-0.1, -0.05) is 62.4 Å². The summed E-state index contributed by atoms with van der Waals surface area (Å²) < 4.78 is 24.3. The van der Waals surface area contributed by atoms with Gasteiger partial charge in [0.2, 0.25) is 0 Å². The molecule has 3 unspecified atom stereocenters. The Bertz CT molecular complexity index is 803. The maximum Gasteiger partial charge on any atom is 0.184 e. The summed E-state index contributed by atoms with van der Waals surface area (Å²) in [6.45, 7) is 4.10. The molecule has 2 N–H and O–H groups in total. The molecule has 2 aromatic rings. The summed E-state index contributed by atoms with van der Waals surface area (Å²) in [7, 11) is 0. The van der Waals surface area contributed by atoms with E-state index in [1.54, 1.807) is 0 Å². The van der Waals surface area contributed by atoms with Crippen molar-refractivity contribution in [1.29, 1.82) is 0 Å². The van der Waals surface area contributed by atoms with E-state index in [1.165, 1.54) is 11.1 Å². The van der Waals surface area contributed by atoms with E-state index in [1.807, 2.05) is 36.4 Å². The van der Waals surface area contributed by atoms with Crippen molar-refractivity contribution >= 4 is 0 Å². The quantitative estimate of drug-likeness (QED) is 0.757. The van der Waals surface area contributed by atoms with Crippen LogP contribution in [0.4, 0.5) is 0 Å². The zero-order valence-corrected chi connectivity index (χ0v) is 17.4. The van der Waals surface area contributed by atoms with Crippen LogP contribution in [0.25, 0.3) is 0 Å². The average molecular weight is 414 g/mol. The zero-order chi connectivity index (χ0) is 21.1. The first-order valence-corrected chi connectivity index (χ1v) is 10.7. The molecule has 2 fully saturated rings. The SMILES string of the molecule is CCc1ccc(C2OC[C@H]3OC(c4ccc(CC)cc4)O[C@@H]([C@@H](O)CO)C3O2)cc1. The second-order valence-corrected chi connectivity index (χ2v) is 7.81. The van der Waals surface area contributed by atoms with Crippen molar-refractivity contribution < 1.29 is 29.2 Å². The molecule has 6 heteroatoms. The zero-order valence-electron chi connectivity index (χ0n) is 17.4. The summed E-state index contributed by atoms with van der Waals surface area (Å²) in [6.07, 6.45) is -2.09. The van der Waals surface area contributed by atoms with Crippen LogP contribution < -0.4 is 0 Å². The summed E-state index contributed by atoms with van der Waals surface area (Å²) >= 11 is 0. The molecule has 0 amide bonds. The first-order chi connectivity index (χ1) is 14.6. The van der Waals surface area contributed by atoms with Crippen molar-refractivity contribution in [3.8, 4) is 0 Å². The minimum atomic E-state index is -1.08. The lowest BCUT2D eigenvalue weighted by molar-refractivity contribution is -0.373. The van der Waals surface area contributed by atoms with E-state index in [4.69, 9.17) is 18.9 Å². The number of ether oxygens (including phenoxy) is 4. The van der Waals surface area contributed by atoms with Gasteiger partial charge in [-0.2, -0.15) is 0 Å². The Kier molecular flexibility index (Phi) is 6.83. The Hall–Kier alpha value is -1.80. The second kappa shape index (κ2) is 9.56. The van der Waals surface area contributed by atoms with Gasteiger partial charge in [0.1, 0.15) is 24.4 Å². The molecule has 6 nitrogen and oxygen atoms in total. The number of fused-ring (bicyclic) bond motifs is 1. The number of aryl methyl sites for hydroxylation is 2. The monoisotopic (exact) mass is 414 g/mol. The Labute approximate surface area is 177 Å². The van der Waals surface area contributed by atoms with Crippen molar-refractivity contribution in [1.82, 2.24) is 0 Å². The van der Waals surface area contributed by atoms with E-state index in [-0.39, 0.29) is 0 Å². The smallest absolute Gasteiger partial charge is 0.184 e. The molecule has 2 aliphatic rings. The molecular formula is C24H30O6. The van der Waals surface area contributed by atoms with Crippen molar-refractivity contribution in [3.05, 3.63) is 70.8 Å². The highest BCUT2D eigenvalue weighted by Gasteiger charge is 2.48. The Morgan fingerprint density at radius 3 is 1.93 bits per heavy atom. The van der Waals surface area contributed by atoms with Crippen LogP contribution in [0.2, 0.25) is 0 Å². The van der Waals surface area contributed by atoms with Gasteiger partial charge in [0, 0.05) is 11.1 Å². The van der Waals surface area contributed by atoms with Gasteiger partial charge >= 0.3 is 0 Å². The van der Waals surface area contributed by atoms with Gasteiger partial charge < -0.3 is 29.2 Å². The lowest BCUT2D eigenvalue weighted by Crippen LogP contribution is -2.58. The largest absolute Gasteiger partial charge is 0.394 e. The molecule has 0 saturated carbocycles. The summed E-state index contributed by atoms with van der Waals surface area (Å²) in [5.74, 6) is 0. The van der Waals surface area contributed by atoms with Gasteiger partial charge in [-0.3, -0.25) is 0 Å². The van der Waals surface area contributed by atoms with Crippen LogP contribution in [-0.4, -0.2) is 47.8 Å². The predicted octanol–water partition coefficient (Wildman–Crippen LogP) is 3.06. The van der Waals surface area contributed by atoms with Gasteiger partial charge in [0.25, 0.3) is 0 Å². The number of hydrogen-bond donors (Lipinski definition) is 2. The summed E-state index contributed by atoms with van der Waals surface area (Å²) in [5.41, 5.74) is 4.22. The van der Waals surface area contributed by atoms with Crippen LogP contribution >= 0.6 is 0 Å². The van der Waals surface area contributed by atoms with Crippen LogP contribution in [0.15, 0.2) is 48.5 Å². The number of benzene rings is 2. The topological polar surface area (TPSA) is 77.4 Å². The minimum absolute atomic E-state index is 0.312. The fourth-order valence-electron chi connectivity index (χ4n) is 3.93. The molecule has 2 heterocycles. The molecule has 2 saturated heterocycles. The van der Waals surface area contributed by atoms with Gasteiger partial charge in [0.05, 0.1) is 13.2 Å². The normalized spacial score (nSPS) is 29.9.